The molecule has 0 aliphatic heterocycles. The molecule has 0 aliphatic carbocycles. The van der Waals surface area contributed by atoms with Crippen LogP contribution in [0.1, 0.15) is 22.3 Å². The summed E-state index contributed by atoms with van der Waals surface area (Å²) in [6, 6.07) is 13.0. The molecule has 4 aromatic rings. The fourth-order valence-corrected chi connectivity index (χ4v) is 5.48. The highest BCUT2D eigenvalue weighted by atomic mass is 35.5. The number of aromatic nitrogens is 2. The Labute approximate surface area is 235 Å². The maximum absolute atomic E-state index is 12.9. The van der Waals surface area contributed by atoms with Gasteiger partial charge in [-0.3, -0.25) is 29.7 Å². The number of nitrogens with zero attached hydrogens (tertiary/aromatic N) is 4. The van der Waals surface area contributed by atoms with E-state index in [0.29, 0.717) is 11.4 Å². The Morgan fingerprint density at radius 3 is 2.17 bits per heavy atom. The summed E-state index contributed by atoms with van der Waals surface area (Å²) in [6.45, 7) is 1.86. The number of halogens is 1. The van der Waals surface area contributed by atoms with Gasteiger partial charge in [-0.15, -0.1) is 10.2 Å². The normalized spacial score (nSPS) is 11.1. The fourth-order valence-electron chi connectivity index (χ4n) is 3.39. The number of benzene rings is 3. The van der Waals surface area contributed by atoms with E-state index >= 15 is 0 Å². The minimum atomic E-state index is -3.99. The number of carbonyl (C=O) groups excluding carboxylic acids is 1. The lowest BCUT2D eigenvalue weighted by atomic mass is 10.1. The number of nitrogens with one attached hydrogen (secondary N) is 3. The van der Waals surface area contributed by atoms with Crippen LogP contribution in [0.25, 0.3) is 0 Å². The Kier molecular flexibility index (Phi) is 8.22. The third kappa shape index (κ3) is 6.31. The van der Waals surface area contributed by atoms with Gasteiger partial charge < -0.3 is 10.6 Å². The van der Waals surface area contributed by atoms with Crippen LogP contribution in [0.4, 0.5) is 33.6 Å². The molecule has 17 heteroatoms. The minimum Gasteiger partial charge on any atom is -0.343 e. The molecule has 0 spiro atoms. The molecular weight excluding hydrogens is 586 g/mol. The van der Waals surface area contributed by atoms with E-state index in [2.05, 4.69) is 25.6 Å². The van der Waals surface area contributed by atoms with Crippen molar-refractivity contribution in [2.24, 2.45) is 0 Å². The lowest BCUT2D eigenvalue weighted by Crippen LogP contribution is -2.15. The molecule has 1 aromatic heterocycles. The van der Waals surface area contributed by atoms with E-state index in [9.17, 15) is 33.4 Å². The summed E-state index contributed by atoms with van der Waals surface area (Å²) >= 11 is 7.18. The molecule has 14 nitrogen and oxygen atoms in total. The van der Waals surface area contributed by atoms with E-state index in [0.717, 1.165) is 23.5 Å². The van der Waals surface area contributed by atoms with Crippen LogP contribution in [0.15, 0.2) is 65.6 Å². The zero-order valence-electron chi connectivity index (χ0n) is 20.3. The van der Waals surface area contributed by atoms with Gasteiger partial charge in [0, 0.05) is 17.8 Å². The monoisotopic (exact) mass is 603 g/mol. The summed E-state index contributed by atoms with van der Waals surface area (Å²) in [6.07, 6.45) is 0.598. The van der Waals surface area contributed by atoms with Gasteiger partial charge in [-0.1, -0.05) is 42.0 Å². The van der Waals surface area contributed by atoms with E-state index < -0.39 is 42.8 Å². The number of para-hydroxylation sites is 1. The third-order valence-corrected chi connectivity index (χ3v) is 8.10. The number of hydrogen-bond acceptors (Lipinski definition) is 11. The predicted molar refractivity (Wildman–Crippen MR) is 149 cm³/mol. The summed E-state index contributed by atoms with van der Waals surface area (Å²) in [5.74, 6) is -0.898. The smallest absolute Gasteiger partial charge is 0.300 e. The Bertz CT molecular complexity index is 1690. The SMILES string of the molecule is CCc1nnc(NS(=O)(=O)c2ccc(NC(=O)c3cc([N+](=O)[O-])c(Nc4ccccc4Cl)c([N+](=O)[O-])c3)cc2)s1. The van der Waals surface area contributed by atoms with Crippen LogP contribution in [0, 0.1) is 20.2 Å². The van der Waals surface area contributed by atoms with Gasteiger partial charge in [0.15, 0.2) is 5.69 Å². The zero-order chi connectivity index (χ0) is 29.0. The third-order valence-electron chi connectivity index (χ3n) is 5.30. The topological polar surface area (TPSA) is 199 Å². The Balaban J connectivity index is 1.58. The van der Waals surface area contributed by atoms with Crippen LogP contribution in [0.2, 0.25) is 5.02 Å². The Hall–Kier alpha value is -4.67. The first-order chi connectivity index (χ1) is 19.0. The van der Waals surface area contributed by atoms with E-state index in [4.69, 9.17) is 11.6 Å². The number of sulfonamides is 1. The van der Waals surface area contributed by atoms with Crippen LogP contribution in [-0.2, 0) is 16.4 Å². The number of nitro groups is 2. The van der Waals surface area contributed by atoms with Crippen molar-refractivity contribution in [3.8, 4) is 0 Å². The summed E-state index contributed by atoms with van der Waals surface area (Å²) in [7, 11) is -3.99. The maximum atomic E-state index is 12.9. The van der Waals surface area contributed by atoms with E-state index in [1.54, 1.807) is 12.1 Å². The lowest BCUT2D eigenvalue weighted by Gasteiger charge is -2.11. The first-order valence-corrected chi connectivity index (χ1v) is 13.9. The number of nitro benzene ring substituents is 2. The van der Waals surface area contributed by atoms with Crippen molar-refractivity contribution < 1.29 is 23.1 Å². The Morgan fingerprint density at radius 2 is 1.62 bits per heavy atom. The van der Waals surface area contributed by atoms with Crippen molar-refractivity contribution in [1.29, 1.82) is 0 Å². The molecule has 0 saturated heterocycles. The number of carbonyl (C=O) groups is 1. The Morgan fingerprint density at radius 1 is 1.00 bits per heavy atom. The van der Waals surface area contributed by atoms with E-state index in [1.165, 1.54) is 36.4 Å². The molecule has 0 unspecified atom stereocenters. The highest BCUT2D eigenvalue weighted by Gasteiger charge is 2.29. The number of rotatable bonds is 10. The van der Waals surface area contributed by atoms with Crippen LogP contribution >= 0.6 is 22.9 Å². The molecule has 0 aliphatic rings. The first-order valence-electron chi connectivity index (χ1n) is 11.2. The van der Waals surface area contributed by atoms with E-state index in [-0.39, 0.29) is 32.0 Å². The molecule has 0 radical (unpaired) electrons. The molecule has 0 bridgehead atoms. The predicted octanol–water partition coefficient (Wildman–Crippen LogP) is 5.37. The van der Waals surface area contributed by atoms with E-state index in [1.807, 2.05) is 6.92 Å². The first kappa shape index (κ1) is 28.3. The molecule has 1 heterocycles. The fraction of sp³-hybridized carbons (Fsp3) is 0.0870. The van der Waals surface area contributed by atoms with Crippen molar-refractivity contribution in [2.45, 2.75) is 18.2 Å². The molecule has 3 N–H and O–H groups in total. The van der Waals surface area contributed by atoms with Gasteiger partial charge in [-0.25, -0.2) is 8.42 Å². The highest BCUT2D eigenvalue weighted by Crippen LogP contribution is 2.39. The van der Waals surface area contributed by atoms with Gasteiger partial charge in [-0.05, 0) is 42.8 Å². The van der Waals surface area contributed by atoms with Crippen molar-refractivity contribution in [2.75, 3.05) is 15.4 Å². The average Bonchev–Trinajstić information content (AvgIpc) is 3.36. The number of amides is 1. The number of aryl methyl sites for hydroxylation is 1. The maximum Gasteiger partial charge on any atom is 0.300 e. The molecule has 3 aromatic carbocycles. The number of anilines is 4. The number of hydrogen-bond donors (Lipinski definition) is 3. The molecule has 0 saturated carbocycles. The van der Waals surface area contributed by atoms with Crippen LogP contribution in [0.3, 0.4) is 0 Å². The molecule has 0 atom stereocenters. The van der Waals surface area contributed by atoms with Crippen LogP contribution in [-0.4, -0.2) is 34.4 Å². The van der Waals surface area contributed by atoms with Crippen LogP contribution in [0.5, 0.6) is 0 Å². The van der Waals surface area contributed by atoms with Gasteiger partial charge in [0.25, 0.3) is 15.9 Å². The molecule has 40 heavy (non-hydrogen) atoms. The van der Waals surface area contributed by atoms with Crippen molar-refractivity contribution >= 4 is 72.4 Å². The summed E-state index contributed by atoms with van der Waals surface area (Å²) in [4.78, 5) is 34.6. The van der Waals surface area contributed by atoms with Crippen molar-refractivity contribution in [3.05, 3.63) is 96.5 Å². The van der Waals surface area contributed by atoms with Gasteiger partial charge in [0.05, 0.1) is 31.0 Å². The molecule has 1 amide bonds. The summed E-state index contributed by atoms with van der Waals surface area (Å²) in [5.41, 5.74) is -1.96. The van der Waals surface area contributed by atoms with Gasteiger partial charge in [0.1, 0.15) is 5.01 Å². The lowest BCUT2D eigenvalue weighted by molar-refractivity contribution is -0.392. The molecule has 0 fully saturated rings. The van der Waals surface area contributed by atoms with Crippen molar-refractivity contribution in [3.63, 3.8) is 0 Å². The second-order valence-electron chi connectivity index (χ2n) is 7.95. The average molecular weight is 604 g/mol. The quantitative estimate of drug-likeness (QED) is 0.156. The largest absolute Gasteiger partial charge is 0.343 e. The molecule has 4 rings (SSSR count). The van der Waals surface area contributed by atoms with Gasteiger partial charge >= 0.3 is 11.4 Å². The molecule has 206 valence electrons. The minimum absolute atomic E-state index is 0.102. The van der Waals surface area contributed by atoms with Crippen LogP contribution < -0.4 is 15.4 Å². The highest BCUT2D eigenvalue weighted by molar-refractivity contribution is 7.93. The van der Waals surface area contributed by atoms with Gasteiger partial charge in [0.2, 0.25) is 5.13 Å². The zero-order valence-corrected chi connectivity index (χ0v) is 22.7. The van der Waals surface area contributed by atoms with Crippen molar-refractivity contribution in [1.82, 2.24) is 10.2 Å². The summed E-state index contributed by atoms with van der Waals surface area (Å²) in [5, 5.41) is 37.2. The second kappa shape index (κ2) is 11.6. The summed E-state index contributed by atoms with van der Waals surface area (Å²) < 4.78 is 27.6. The van der Waals surface area contributed by atoms with Gasteiger partial charge in [-0.2, -0.15) is 0 Å². The standard InChI is InChI=1S/C23H18ClN7O7S2/c1-2-20-27-28-23(39-20)29-40(37,38)15-9-7-14(8-10-15)25-22(32)13-11-18(30(33)34)21(19(12-13)31(35)36)26-17-6-4-3-5-16(17)24/h3-12,26H,2H2,1H3,(H,25,32)(H,28,29). The second-order valence-corrected chi connectivity index (χ2v) is 11.1. The molecular formula is C23H18ClN7O7S2.